The van der Waals surface area contributed by atoms with Crippen LogP contribution >= 0.6 is 23.1 Å². The monoisotopic (exact) mass is 156 g/mol. The van der Waals surface area contributed by atoms with Gasteiger partial charge in [-0.15, -0.1) is 11.3 Å². The number of rotatable bonds is 1. The van der Waals surface area contributed by atoms with Gasteiger partial charge in [-0.3, -0.25) is 0 Å². The van der Waals surface area contributed by atoms with E-state index in [9.17, 15) is 0 Å². The van der Waals surface area contributed by atoms with Crippen molar-refractivity contribution in [3.05, 3.63) is 21.9 Å². The van der Waals surface area contributed by atoms with E-state index < -0.39 is 0 Å². The Morgan fingerprint density at radius 3 is 2.89 bits per heavy atom. The molecule has 0 N–H and O–H groups in total. The molecule has 0 saturated carbocycles. The minimum absolute atomic E-state index is 0.865. The molecule has 2 heteroatoms. The molecule has 0 amide bonds. The van der Waals surface area contributed by atoms with Crippen LogP contribution in [-0.2, 0) is 0 Å². The van der Waals surface area contributed by atoms with Crippen LogP contribution in [0.25, 0.3) is 0 Å². The standard InChI is InChI=1S/C7H8S2/c1-5-2-6(8-3-5)7-4-9-7/h2-3,7H,4H2,1H3. The summed E-state index contributed by atoms with van der Waals surface area (Å²) in [5, 5.41) is 3.09. The molecule has 1 aliphatic rings. The van der Waals surface area contributed by atoms with Gasteiger partial charge in [0.15, 0.2) is 0 Å². The average Bonchev–Trinajstić information content (AvgIpc) is 2.58. The first-order valence-corrected chi connectivity index (χ1v) is 4.96. The largest absolute Gasteiger partial charge is 0.151 e. The van der Waals surface area contributed by atoms with E-state index in [2.05, 4.69) is 18.4 Å². The number of aryl methyl sites for hydroxylation is 1. The van der Waals surface area contributed by atoms with Gasteiger partial charge in [0.1, 0.15) is 0 Å². The minimum Gasteiger partial charge on any atom is -0.151 e. The molecular formula is C7H8S2. The zero-order valence-corrected chi connectivity index (χ0v) is 6.89. The van der Waals surface area contributed by atoms with E-state index in [1.807, 2.05) is 23.1 Å². The molecule has 0 aromatic carbocycles. The fourth-order valence-corrected chi connectivity index (χ4v) is 2.70. The molecule has 1 aliphatic heterocycles. The summed E-state index contributed by atoms with van der Waals surface area (Å²) < 4.78 is 0. The van der Waals surface area contributed by atoms with Crippen molar-refractivity contribution in [1.29, 1.82) is 0 Å². The van der Waals surface area contributed by atoms with E-state index in [1.165, 1.54) is 11.3 Å². The quantitative estimate of drug-likeness (QED) is 0.563. The molecule has 9 heavy (non-hydrogen) atoms. The van der Waals surface area contributed by atoms with Crippen LogP contribution in [0.5, 0.6) is 0 Å². The van der Waals surface area contributed by atoms with Gasteiger partial charge >= 0.3 is 0 Å². The van der Waals surface area contributed by atoms with Crippen LogP contribution in [-0.4, -0.2) is 5.75 Å². The van der Waals surface area contributed by atoms with Gasteiger partial charge in [-0.1, -0.05) is 0 Å². The molecule has 0 nitrogen and oxygen atoms in total. The van der Waals surface area contributed by atoms with Crippen LogP contribution < -0.4 is 0 Å². The van der Waals surface area contributed by atoms with Crippen molar-refractivity contribution in [2.75, 3.05) is 5.75 Å². The van der Waals surface area contributed by atoms with Crippen LogP contribution in [0.1, 0.15) is 15.7 Å². The Morgan fingerprint density at radius 1 is 1.67 bits per heavy atom. The second kappa shape index (κ2) is 2.03. The summed E-state index contributed by atoms with van der Waals surface area (Å²) in [5.41, 5.74) is 1.42. The normalized spacial score (nSPS) is 24.3. The molecule has 0 spiro atoms. The summed E-state index contributed by atoms with van der Waals surface area (Å²) in [6.45, 7) is 2.16. The molecule has 0 aliphatic carbocycles. The van der Waals surface area contributed by atoms with Gasteiger partial charge in [-0.2, -0.15) is 11.8 Å². The van der Waals surface area contributed by atoms with Gasteiger partial charge < -0.3 is 0 Å². The highest BCUT2D eigenvalue weighted by Crippen LogP contribution is 2.48. The maximum Gasteiger partial charge on any atom is 0.0482 e. The maximum atomic E-state index is 2.30. The first-order chi connectivity index (χ1) is 4.36. The van der Waals surface area contributed by atoms with Crippen molar-refractivity contribution in [2.45, 2.75) is 12.2 Å². The van der Waals surface area contributed by atoms with Gasteiger partial charge in [-0.05, 0) is 23.9 Å². The molecule has 0 bridgehead atoms. The molecule has 1 unspecified atom stereocenters. The smallest absolute Gasteiger partial charge is 0.0482 e. The summed E-state index contributed by atoms with van der Waals surface area (Å²) in [6.07, 6.45) is 0. The number of hydrogen-bond acceptors (Lipinski definition) is 2. The van der Waals surface area contributed by atoms with Crippen molar-refractivity contribution < 1.29 is 0 Å². The zero-order chi connectivity index (χ0) is 6.27. The molecule has 0 radical (unpaired) electrons. The third kappa shape index (κ3) is 1.14. The van der Waals surface area contributed by atoms with Crippen LogP contribution in [0.4, 0.5) is 0 Å². The number of thiophene rings is 1. The number of hydrogen-bond donors (Lipinski definition) is 0. The Kier molecular flexibility index (Phi) is 1.31. The molecule has 1 aromatic rings. The summed E-state index contributed by atoms with van der Waals surface area (Å²) in [4.78, 5) is 1.57. The summed E-state index contributed by atoms with van der Waals surface area (Å²) in [7, 11) is 0. The highest BCUT2D eigenvalue weighted by Gasteiger charge is 2.25. The zero-order valence-electron chi connectivity index (χ0n) is 5.26. The molecule has 1 fully saturated rings. The Bertz CT molecular complexity index is 210. The number of thioether (sulfide) groups is 1. The van der Waals surface area contributed by atoms with E-state index in [0.29, 0.717) is 0 Å². The molecule has 1 atom stereocenters. The molecule has 1 saturated heterocycles. The van der Waals surface area contributed by atoms with Gasteiger partial charge in [0.2, 0.25) is 0 Å². The molecule has 1 aromatic heterocycles. The van der Waals surface area contributed by atoms with Gasteiger partial charge in [0.25, 0.3) is 0 Å². The van der Waals surface area contributed by atoms with Crippen LogP contribution in [0.3, 0.4) is 0 Å². The fourth-order valence-electron chi connectivity index (χ4n) is 0.835. The summed E-state index contributed by atoms with van der Waals surface area (Å²) in [6, 6.07) is 2.30. The van der Waals surface area contributed by atoms with E-state index in [4.69, 9.17) is 0 Å². The maximum absolute atomic E-state index is 2.30. The predicted octanol–water partition coefficient (Wildman–Crippen LogP) is 2.84. The highest BCUT2D eigenvalue weighted by atomic mass is 32.2. The molecule has 2 rings (SSSR count). The first-order valence-electron chi connectivity index (χ1n) is 3.03. The second-order valence-electron chi connectivity index (χ2n) is 2.35. The highest BCUT2D eigenvalue weighted by molar-refractivity contribution is 8.06. The Balaban J connectivity index is 2.28. The van der Waals surface area contributed by atoms with Crippen molar-refractivity contribution in [2.24, 2.45) is 0 Å². The van der Waals surface area contributed by atoms with Crippen molar-refractivity contribution >= 4 is 23.1 Å². The lowest BCUT2D eigenvalue weighted by molar-refractivity contribution is 1.28. The van der Waals surface area contributed by atoms with Gasteiger partial charge in [0, 0.05) is 15.9 Å². The minimum atomic E-state index is 0.865. The Labute approximate surface area is 63.3 Å². The van der Waals surface area contributed by atoms with Crippen LogP contribution in [0.2, 0.25) is 0 Å². The van der Waals surface area contributed by atoms with E-state index in [0.717, 1.165) is 5.25 Å². The third-order valence-electron chi connectivity index (χ3n) is 1.40. The Hall–Kier alpha value is 0.0500. The summed E-state index contributed by atoms with van der Waals surface area (Å²) in [5.74, 6) is 1.35. The topological polar surface area (TPSA) is 0 Å². The predicted molar refractivity (Wildman–Crippen MR) is 44.3 cm³/mol. The molecule has 2 heterocycles. The fraction of sp³-hybridized carbons (Fsp3) is 0.429. The lowest BCUT2D eigenvalue weighted by atomic mass is 10.3. The second-order valence-corrected chi connectivity index (χ2v) is 4.53. The average molecular weight is 156 g/mol. The van der Waals surface area contributed by atoms with E-state index in [1.54, 1.807) is 4.88 Å². The lowest BCUT2D eigenvalue weighted by Crippen LogP contribution is -1.66. The third-order valence-corrected chi connectivity index (χ3v) is 3.64. The van der Waals surface area contributed by atoms with Gasteiger partial charge in [0.05, 0.1) is 0 Å². The summed E-state index contributed by atoms with van der Waals surface area (Å²) >= 11 is 3.94. The lowest BCUT2D eigenvalue weighted by Gasteiger charge is -1.81. The SMILES string of the molecule is Cc1csc(C2CS2)c1. The van der Waals surface area contributed by atoms with Crippen molar-refractivity contribution in [3.63, 3.8) is 0 Å². The molecule has 48 valence electrons. The van der Waals surface area contributed by atoms with Crippen molar-refractivity contribution in [1.82, 2.24) is 0 Å². The Morgan fingerprint density at radius 2 is 2.44 bits per heavy atom. The molecular weight excluding hydrogens is 148 g/mol. The van der Waals surface area contributed by atoms with E-state index >= 15 is 0 Å². The van der Waals surface area contributed by atoms with Crippen LogP contribution in [0.15, 0.2) is 11.4 Å². The first kappa shape index (κ1) is 5.81. The van der Waals surface area contributed by atoms with E-state index in [-0.39, 0.29) is 0 Å². The van der Waals surface area contributed by atoms with Gasteiger partial charge in [-0.25, -0.2) is 0 Å². The van der Waals surface area contributed by atoms with Crippen LogP contribution in [0, 0.1) is 6.92 Å². The van der Waals surface area contributed by atoms with Crippen molar-refractivity contribution in [3.8, 4) is 0 Å².